The molecule has 0 bridgehead atoms. The van der Waals surface area contributed by atoms with Crippen LogP contribution in [0.4, 0.5) is 5.69 Å². The lowest BCUT2D eigenvalue weighted by Crippen LogP contribution is -2.34. The van der Waals surface area contributed by atoms with Crippen molar-refractivity contribution in [1.82, 2.24) is 0 Å². The third kappa shape index (κ3) is 3.13. The number of anilines is 1. The molecule has 0 atom stereocenters. The molecule has 2 N–H and O–H groups in total. The van der Waals surface area contributed by atoms with E-state index in [2.05, 4.69) is 5.32 Å². The number of nitrogens with one attached hydrogen (secondary N) is 1. The van der Waals surface area contributed by atoms with Gasteiger partial charge in [0.1, 0.15) is 0 Å². The molecule has 1 aromatic carbocycles. The van der Waals surface area contributed by atoms with Gasteiger partial charge >= 0.3 is 5.97 Å². The number of carboxylic acid groups (broad SMARTS) is 1. The summed E-state index contributed by atoms with van der Waals surface area (Å²) in [5.41, 5.74) is 0.690. The number of carbonyl (C=O) groups is 2. The van der Waals surface area contributed by atoms with E-state index in [-0.39, 0.29) is 11.5 Å². The largest absolute Gasteiger partial charge is 0.478 e. The van der Waals surface area contributed by atoms with Crippen LogP contribution in [0.3, 0.4) is 0 Å². The minimum atomic E-state index is -0.999. The molecule has 0 aliphatic heterocycles. The van der Waals surface area contributed by atoms with Crippen LogP contribution in [0.5, 0.6) is 0 Å². The van der Waals surface area contributed by atoms with Gasteiger partial charge < -0.3 is 10.4 Å². The van der Waals surface area contributed by atoms with Crippen molar-refractivity contribution in [2.45, 2.75) is 26.2 Å². The number of aryl methyl sites for hydroxylation is 1. The Morgan fingerprint density at radius 2 is 1.95 bits per heavy atom. The van der Waals surface area contributed by atoms with Crippen molar-refractivity contribution < 1.29 is 14.7 Å². The van der Waals surface area contributed by atoms with Crippen molar-refractivity contribution in [1.29, 1.82) is 0 Å². The van der Waals surface area contributed by atoms with Gasteiger partial charge in [0, 0.05) is 10.6 Å². The first-order chi connectivity index (χ1) is 9.82. The van der Waals surface area contributed by atoms with Gasteiger partial charge in [0.25, 0.3) is 0 Å². The predicted molar refractivity (Wildman–Crippen MR) is 84.1 cm³/mol. The fraction of sp³-hybridized carbons (Fsp3) is 0.250. The topological polar surface area (TPSA) is 66.4 Å². The maximum absolute atomic E-state index is 12.4. The van der Waals surface area contributed by atoms with Crippen LogP contribution in [0.15, 0.2) is 35.7 Å². The number of benzene rings is 1. The summed E-state index contributed by atoms with van der Waals surface area (Å²) in [6, 6.07) is 8.72. The number of thiophene rings is 1. The van der Waals surface area contributed by atoms with Gasteiger partial charge in [0.2, 0.25) is 5.91 Å². The lowest BCUT2D eigenvalue weighted by molar-refractivity contribution is -0.120. The molecule has 0 saturated heterocycles. The van der Waals surface area contributed by atoms with Crippen LogP contribution in [0.25, 0.3) is 0 Å². The third-order valence-corrected chi connectivity index (χ3v) is 4.62. The molecule has 0 saturated carbocycles. The Bertz CT molecular complexity index is 675. The first kappa shape index (κ1) is 15.3. The molecule has 0 unspecified atom stereocenters. The van der Waals surface area contributed by atoms with Crippen molar-refractivity contribution in [3.63, 3.8) is 0 Å². The molecule has 0 aliphatic rings. The quantitative estimate of drug-likeness (QED) is 0.905. The molecule has 0 fully saturated rings. The Kier molecular flexibility index (Phi) is 4.14. The lowest BCUT2D eigenvalue weighted by Gasteiger charge is -2.22. The summed E-state index contributed by atoms with van der Waals surface area (Å²) < 4.78 is 0. The Labute approximate surface area is 127 Å². The second kappa shape index (κ2) is 5.69. The van der Waals surface area contributed by atoms with Crippen molar-refractivity contribution >= 4 is 28.9 Å². The molecule has 21 heavy (non-hydrogen) atoms. The number of hydrogen-bond acceptors (Lipinski definition) is 3. The number of amides is 1. The van der Waals surface area contributed by atoms with E-state index in [4.69, 9.17) is 5.11 Å². The van der Waals surface area contributed by atoms with Crippen LogP contribution in [-0.4, -0.2) is 17.0 Å². The summed E-state index contributed by atoms with van der Waals surface area (Å²) in [6.45, 7) is 5.42. The standard InChI is InChI=1S/C16H17NO3S/c1-10-6-7-11(9-12(10)14(18)19)17-15(20)16(2,3)13-5-4-8-21-13/h4-9H,1-3H3,(H,17,20)(H,18,19). The number of carbonyl (C=O) groups excluding carboxylic acids is 1. The van der Waals surface area contributed by atoms with E-state index < -0.39 is 11.4 Å². The summed E-state index contributed by atoms with van der Waals surface area (Å²) in [6.07, 6.45) is 0. The van der Waals surface area contributed by atoms with Crippen LogP contribution in [0.1, 0.15) is 34.6 Å². The zero-order valence-corrected chi connectivity index (χ0v) is 13.0. The molecule has 5 heteroatoms. The van der Waals surface area contributed by atoms with Gasteiger partial charge in [-0.2, -0.15) is 0 Å². The number of carboxylic acids is 1. The summed E-state index contributed by atoms with van der Waals surface area (Å²) in [4.78, 5) is 24.5. The highest BCUT2D eigenvalue weighted by atomic mass is 32.1. The minimum Gasteiger partial charge on any atom is -0.478 e. The smallest absolute Gasteiger partial charge is 0.336 e. The first-order valence-electron chi connectivity index (χ1n) is 6.52. The predicted octanol–water partition coefficient (Wildman–Crippen LogP) is 3.67. The van der Waals surface area contributed by atoms with E-state index >= 15 is 0 Å². The van der Waals surface area contributed by atoms with Gasteiger partial charge in [0.05, 0.1) is 11.0 Å². The van der Waals surface area contributed by atoms with Crippen molar-refractivity contribution in [2.75, 3.05) is 5.32 Å². The molecule has 4 nitrogen and oxygen atoms in total. The second-order valence-corrected chi connectivity index (χ2v) is 6.34. The zero-order chi connectivity index (χ0) is 15.6. The monoisotopic (exact) mass is 303 g/mol. The Hall–Kier alpha value is -2.14. The summed E-state index contributed by atoms with van der Waals surface area (Å²) in [5.74, 6) is -1.16. The Balaban J connectivity index is 2.24. The molecule has 2 aromatic rings. The van der Waals surface area contributed by atoms with Crippen LogP contribution in [0.2, 0.25) is 0 Å². The Morgan fingerprint density at radius 1 is 1.24 bits per heavy atom. The maximum atomic E-state index is 12.4. The second-order valence-electron chi connectivity index (χ2n) is 5.39. The zero-order valence-electron chi connectivity index (χ0n) is 12.1. The first-order valence-corrected chi connectivity index (χ1v) is 7.39. The number of rotatable bonds is 4. The van der Waals surface area contributed by atoms with Crippen LogP contribution in [0, 0.1) is 6.92 Å². The fourth-order valence-corrected chi connectivity index (χ4v) is 2.81. The van der Waals surface area contributed by atoms with Crippen LogP contribution in [-0.2, 0) is 10.2 Å². The van der Waals surface area contributed by atoms with Crippen LogP contribution >= 0.6 is 11.3 Å². The highest BCUT2D eigenvalue weighted by Gasteiger charge is 2.30. The number of aromatic carboxylic acids is 1. The van der Waals surface area contributed by atoms with E-state index in [9.17, 15) is 9.59 Å². The molecule has 1 aromatic heterocycles. The Morgan fingerprint density at radius 3 is 2.52 bits per heavy atom. The molecule has 2 rings (SSSR count). The van der Waals surface area contributed by atoms with E-state index in [1.54, 1.807) is 19.1 Å². The highest BCUT2D eigenvalue weighted by molar-refractivity contribution is 7.10. The van der Waals surface area contributed by atoms with E-state index in [1.165, 1.54) is 17.4 Å². The maximum Gasteiger partial charge on any atom is 0.336 e. The number of hydrogen-bond donors (Lipinski definition) is 2. The summed E-state index contributed by atoms with van der Waals surface area (Å²) in [5, 5.41) is 13.8. The SMILES string of the molecule is Cc1ccc(NC(=O)C(C)(C)c2cccs2)cc1C(=O)O. The molecular weight excluding hydrogens is 286 g/mol. The van der Waals surface area contributed by atoms with E-state index in [0.717, 1.165) is 4.88 Å². The molecular formula is C16H17NO3S. The molecule has 0 spiro atoms. The minimum absolute atomic E-state index is 0.162. The molecule has 110 valence electrons. The van der Waals surface area contributed by atoms with Gasteiger partial charge in [-0.05, 0) is 49.9 Å². The fourth-order valence-electron chi connectivity index (χ4n) is 1.96. The molecule has 1 heterocycles. The van der Waals surface area contributed by atoms with Crippen molar-refractivity contribution in [2.24, 2.45) is 0 Å². The van der Waals surface area contributed by atoms with E-state index in [0.29, 0.717) is 11.3 Å². The van der Waals surface area contributed by atoms with Crippen molar-refractivity contribution in [3.8, 4) is 0 Å². The normalized spacial score (nSPS) is 11.2. The summed E-state index contributed by atoms with van der Waals surface area (Å²) in [7, 11) is 0. The third-order valence-electron chi connectivity index (χ3n) is 3.43. The van der Waals surface area contributed by atoms with Gasteiger partial charge in [-0.15, -0.1) is 11.3 Å². The lowest BCUT2D eigenvalue weighted by atomic mass is 9.90. The average Bonchev–Trinajstić information content (AvgIpc) is 2.95. The van der Waals surface area contributed by atoms with Gasteiger partial charge in [0.15, 0.2) is 0 Å². The molecule has 1 amide bonds. The highest BCUT2D eigenvalue weighted by Crippen LogP contribution is 2.29. The van der Waals surface area contributed by atoms with Gasteiger partial charge in [-0.25, -0.2) is 4.79 Å². The molecule has 0 radical (unpaired) electrons. The van der Waals surface area contributed by atoms with Gasteiger partial charge in [-0.1, -0.05) is 12.1 Å². The average molecular weight is 303 g/mol. The van der Waals surface area contributed by atoms with Crippen LogP contribution < -0.4 is 5.32 Å². The summed E-state index contributed by atoms with van der Waals surface area (Å²) >= 11 is 1.52. The molecule has 0 aliphatic carbocycles. The van der Waals surface area contributed by atoms with E-state index in [1.807, 2.05) is 31.4 Å². The van der Waals surface area contributed by atoms with Gasteiger partial charge in [-0.3, -0.25) is 4.79 Å². The van der Waals surface area contributed by atoms with Crippen molar-refractivity contribution in [3.05, 3.63) is 51.7 Å².